The number of hydrogen-bond acceptors (Lipinski definition) is 4. The van der Waals surface area contributed by atoms with Crippen LogP contribution in [0.3, 0.4) is 0 Å². The van der Waals surface area contributed by atoms with Crippen LogP contribution < -0.4 is 10.6 Å². The van der Waals surface area contributed by atoms with E-state index < -0.39 is 6.03 Å². The quantitative estimate of drug-likeness (QED) is 0.588. The average Bonchev–Trinajstić information content (AvgIpc) is 2.76. The van der Waals surface area contributed by atoms with E-state index in [-0.39, 0.29) is 25.1 Å². The van der Waals surface area contributed by atoms with Gasteiger partial charge in [-0.3, -0.25) is 15.0 Å². The van der Waals surface area contributed by atoms with E-state index in [0.29, 0.717) is 6.54 Å². The van der Waals surface area contributed by atoms with Gasteiger partial charge in [0.25, 0.3) is 0 Å². The Morgan fingerprint density at radius 1 is 1.44 bits per heavy atom. The molecule has 1 rings (SSSR count). The lowest BCUT2D eigenvalue weighted by molar-refractivity contribution is -0.121. The lowest BCUT2D eigenvalue weighted by Crippen LogP contribution is -2.46. The molecule has 104 valence electrons. The minimum absolute atomic E-state index is 0.0545. The van der Waals surface area contributed by atoms with Crippen molar-refractivity contribution in [1.29, 1.82) is 0 Å². The van der Waals surface area contributed by atoms with Crippen LogP contribution in [0.15, 0.2) is 0 Å². The number of aliphatic hydroxyl groups excluding tert-OH is 1. The molecule has 1 heterocycles. The highest BCUT2D eigenvalue weighted by molar-refractivity contribution is 5.95. The second kappa shape index (κ2) is 8.05. The smallest absolute Gasteiger partial charge is 0.321 e. The summed E-state index contributed by atoms with van der Waals surface area (Å²) >= 11 is 0. The predicted octanol–water partition coefficient (Wildman–Crippen LogP) is 0.0690. The highest BCUT2D eigenvalue weighted by Crippen LogP contribution is 2.15. The van der Waals surface area contributed by atoms with Crippen LogP contribution in [-0.2, 0) is 4.79 Å². The van der Waals surface area contributed by atoms with Gasteiger partial charge in [-0.2, -0.15) is 0 Å². The number of nitrogens with one attached hydrogen (secondary N) is 2. The summed E-state index contributed by atoms with van der Waals surface area (Å²) in [5.41, 5.74) is 0. The van der Waals surface area contributed by atoms with Crippen molar-refractivity contribution in [2.45, 2.75) is 38.6 Å². The lowest BCUT2D eigenvalue weighted by Gasteiger charge is -2.21. The highest BCUT2D eigenvalue weighted by atomic mass is 16.3. The van der Waals surface area contributed by atoms with Crippen molar-refractivity contribution in [1.82, 2.24) is 15.5 Å². The van der Waals surface area contributed by atoms with Gasteiger partial charge in [0.05, 0.1) is 13.2 Å². The van der Waals surface area contributed by atoms with Crippen LogP contribution in [0.4, 0.5) is 4.79 Å². The van der Waals surface area contributed by atoms with Crippen molar-refractivity contribution in [2.24, 2.45) is 0 Å². The van der Waals surface area contributed by atoms with E-state index in [0.717, 1.165) is 32.2 Å². The molecule has 0 unspecified atom stereocenters. The number of amides is 3. The number of aliphatic hydroxyl groups is 1. The van der Waals surface area contributed by atoms with Gasteiger partial charge in [-0.25, -0.2) is 4.79 Å². The summed E-state index contributed by atoms with van der Waals surface area (Å²) in [5, 5.41) is 14.0. The van der Waals surface area contributed by atoms with Gasteiger partial charge in [0.1, 0.15) is 0 Å². The van der Waals surface area contributed by atoms with E-state index >= 15 is 0 Å². The van der Waals surface area contributed by atoms with Gasteiger partial charge in [0.2, 0.25) is 5.91 Å². The fourth-order valence-corrected chi connectivity index (χ4v) is 2.08. The Bertz CT molecular complexity index is 284. The second-order valence-electron chi connectivity index (χ2n) is 4.61. The van der Waals surface area contributed by atoms with Gasteiger partial charge in [-0.05, 0) is 25.8 Å². The van der Waals surface area contributed by atoms with Crippen molar-refractivity contribution in [2.75, 3.05) is 26.2 Å². The standard InChI is InChI=1S/C12H23N3O3/c1-2-3-6-13-12(18)14-11(17)8-15-7-4-5-10(15)9-16/h10,16H,2-9H2,1H3,(H2,13,14,17,18)/t10-/m1/s1. The van der Waals surface area contributed by atoms with Crippen LogP contribution >= 0.6 is 0 Å². The summed E-state index contributed by atoms with van der Waals surface area (Å²) in [6.07, 6.45) is 3.80. The van der Waals surface area contributed by atoms with Crippen molar-refractivity contribution < 1.29 is 14.7 Å². The minimum Gasteiger partial charge on any atom is -0.395 e. The van der Waals surface area contributed by atoms with E-state index in [9.17, 15) is 9.59 Å². The Kier molecular flexibility index (Phi) is 6.67. The van der Waals surface area contributed by atoms with Crippen LogP contribution in [0.2, 0.25) is 0 Å². The van der Waals surface area contributed by atoms with Crippen molar-refractivity contribution >= 4 is 11.9 Å². The molecular weight excluding hydrogens is 234 g/mol. The van der Waals surface area contributed by atoms with E-state index in [1.807, 2.05) is 11.8 Å². The van der Waals surface area contributed by atoms with Crippen LogP contribution in [0.5, 0.6) is 0 Å². The summed E-state index contributed by atoms with van der Waals surface area (Å²) in [6, 6.07) is -0.382. The Hall–Kier alpha value is -1.14. The Labute approximate surface area is 108 Å². The number of carbonyl (C=O) groups excluding carboxylic acids is 2. The fraction of sp³-hybridized carbons (Fsp3) is 0.833. The third-order valence-electron chi connectivity index (χ3n) is 3.13. The SMILES string of the molecule is CCCCNC(=O)NC(=O)CN1CCC[C@@H]1CO. The first-order valence-corrected chi connectivity index (χ1v) is 6.60. The molecule has 0 bridgehead atoms. The van der Waals surface area contributed by atoms with Gasteiger partial charge >= 0.3 is 6.03 Å². The molecule has 0 saturated carbocycles. The molecule has 6 nitrogen and oxygen atoms in total. The third kappa shape index (κ3) is 5.01. The molecule has 0 aromatic heterocycles. The highest BCUT2D eigenvalue weighted by Gasteiger charge is 2.25. The zero-order valence-corrected chi connectivity index (χ0v) is 10.9. The number of rotatable bonds is 6. The van der Waals surface area contributed by atoms with Crippen LogP contribution in [0.1, 0.15) is 32.6 Å². The Morgan fingerprint density at radius 2 is 2.22 bits per heavy atom. The summed E-state index contributed by atoms with van der Waals surface area (Å²) in [6.45, 7) is 3.66. The molecule has 3 N–H and O–H groups in total. The number of nitrogens with zero attached hydrogens (tertiary/aromatic N) is 1. The molecule has 1 atom stereocenters. The van der Waals surface area contributed by atoms with Crippen molar-refractivity contribution in [3.63, 3.8) is 0 Å². The molecule has 0 aromatic carbocycles. The number of urea groups is 1. The summed E-state index contributed by atoms with van der Waals surface area (Å²) in [4.78, 5) is 24.9. The third-order valence-corrected chi connectivity index (χ3v) is 3.13. The summed E-state index contributed by atoms with van der Waals surface area (Å²) in [7, 11) is 0. The van der Waals surface area contributed by atoms with Crippen LogP contribution in [-0.4, -0.2) is 54.2 Å². The molecule has 0 aliphatic carbocycles. The Morgan fingerprint density at radius 3 is 2.89 bits per heavy atom. The molecule has 0 radical (unpaired) electrons. The lowest BCUT2D eigenvalue weighted by atomic mass is 10.2. The fourth-order valence-electron chi connectivity index (χ4n) is 2.08. The van der Waals surface area contributed by atoms with E-state index in [2.05, 4.69) is 10.6 Å². The number of imide groups is 1. The van der Waals surface area contributed by atoms with Gasteiger partial charge < -0.3 is 10.4 Å². The molecule has 18 heavy (non-hydrogen) atoms. The zero-order chi connectivity index (χ0) is 13.4. The molecular formula is C12H23N3O3. The van der Waals surface area contributed by atoms with Crippen molar-refractivity contribution in [3.8, 4) is 0 Å². The predicted molar refractivity (Wildman–Crippen MR) is 68.1 cm³/mol. The van der Waals surface area contributed by atoms with E-state index in [4.69, 9.17) is 5.11 Å². The number of hydrogen-bond donors (Lipinski definition) is 3. The largest absolute Gasteiger partial charge is 0.395 e. The minimum atomic E-state index is -0.437. The summed E-state index contributed by atoms with van der Waals surface area (Å²) in [5.74, 6) is -0.315. The van der Waals surface area contributed by atoms with Crippen LogP contribution in [0.25, 0.3) is 0 Å². The van der Waals surface area contributed by atoms with Crippen LogP contribution in [0, 0.1) is 0 Å². The maximum Gasteiger partial charge on any atom is 0.321 e. The van der Waals surface area contributed by atoms with Crippen molar-refractivity contribution in [3.05, 3.63) is 0 Å². The molecule has 6 heteroatoms. The second-order valence-corrected chi connectivity index (χ2v) is 4.61. The number of unbranched alkanes of at least 4 members (excludes halogenated alkanes) is 1. The molecule has 0 aromatic rings. The Balaban J connectivity index is 2.22. The van der Waals surface area contributed by atoms with Gasteiger partial charge in [-0.15, -0.1) is 0 Å². The van der Waals surface area contributed by atoms with Gasteiger partial charge in [0.15, 0.2) is 0 Å². The first-order valence-electron chi connectivity index (χ1n) is 6.60. The number of likely N-dealkylation sites (tertiary alicyclic amines) is 1. The monoisotopic (exact) mass is 257 g/mol. The molecule has 1 aliphatic rings. The first-order chi connectivity index (χ1) is 8.67. The van der Waals surface area contributed by atoms with E-state index in [1.54, 1.807) is 0 Å². The molecule has 1 fully saturated rings. The van der Waals surface area contributed by atoms with Gasteiger partial charge in [-0.1, -0.05) is 13.3 Å². The topological polar surface area (TPSA) is 81.7 Å². The number of carbonyl (C=O) groups is 2. The normalized spacial score (nSPS) is 19.8. The van der Waals surface area contributed by atoms with Gasteiger partial charge in [0, 0.05) is 12.6 Å². The summed E-state index contributed by atoms with van der Waals surface area (Å²) < 4.78 is 0. The molecule has 0 spiro atoms. The average molecular weight is 257 g/mol. The first kappa shape index (κ1) is 14.9. The maximum atomic E-state index is 11.6. The zero-order valence-electron chi connectivity index (χ0n) is 10.9. The molecule has 1 saturated heterocycles. The molecule has 1 aliphatic heterocycles. The molecule has 3 amide bonds. The van der Waals surface area contributed by atoms with E-state index in [1.165, 1.54) is 0 Å². The maximum absolute atomic E-state index is 11.6.